The van der Waals surface area contributed by atoms with Crippen molar-refractivity contribution < 1.29 is 9.53 Å². The van der Waals surface area contributed by atoms with Gasteiger partial charge in [-0.05, 0) is 29.1 Å². The Kier molecular flexibility index (Phi) is 5.51. The number of hydrogen-bond acceptors (Lipinski definition) is 3. The molecule has 0 spiro atoms. The van der Waals surface area contributed by atoms with Crippen molar-refractivity contribution in [3.05, 3.63) is 87.6 Å². The van der Waals surface area contributed by atoms with Crippen molar-refractivity contribution in [3.63, 3.8) is 0 Å². The lowest BCUT2D eigenvalue weighted by molar-refractivity contribution is -0.123. The SMILES string of the molecule is O=C(COc1ccccc1Cl)N[C@@H](c1ccccc1)c1cccs1. The summed E-state index contributed by atoms with van der Waals surface area (Å²) < 4.78 is 5.51. The van der Waals surface area contributed by atoms with Gasteiger partial charge >= 0.3 is 0 Å². The van der Waals surface area contributed by atoms with Gasteiger partial charge in [0.15, 0.2) is 6.61 Å². The van der Waals surface area contributed by atoms with Gasteiger partial charge in [-0.15, -0.1) is 11.3 Å². The van der Waals surface area contributed by atoms with Gasteiger partial charge in [-0.1, -0.05) is 60.1 Å². The molecule has 1 aromatic heterocycles. The summed E-state index contributed by atoms with van der Waals surface area (Å²) in [6.45, 7) is -0.0849. The summed E-state index contributed by atoms with van der Waals surface area (Å²) in [5.41, 5.74) is 1.03. The number of hydrogen-bond donors (Lipinski definition) is 1. The average Bonchev–Trinajstić information content (AvgIpc) is 3.14. The number of rotatable bonds is 6. The van der Waals surface area contributed by atoms with Crippen LogP contribution < -0.4 is 10.1 Å². The van der Waals surface area contributed by atoms with Crippen LogP contribution in [0.4, 0.5) is 0 Å². The molecule has 3 nitrogen and oxygen atoms in total. The lowest BCUT2D eigenvalue weighted by Crippen LogP contribution is -2.32. The molecule has 0 bridgehead atoms. The van der Waals surface area contributed by atoms with Crippen molar-refractivity contribution in [2.75, 3.05) is 6.61 Å². The van der Waals surface area contributed by atoms with E-state index < -0.39 is 0 Å². The van der Waals surface area contributed by atoms with Crippen LogP contribution in [0.3, 0.4) is 0 Å². The molecule has 1 amide bonds. The molecule has 1 N–H and O–H groups in total. The lowest BCUT2D eigenvalue weighted by atomic mass is 10.1. The van der Waals surface area contributed by atoms with Crippen molar-refractivity contribution in [3.8, 4) is 5.75 Å². The first kappa shape index (κ1) is 16.6. The maximum absolute atomic E-state index is 12.3. The molecule has 3 rings (SSSR count). The monoisotopic (exact) mass is 357 g/mol. The normalized spacial score (nSPS) is 11.7. The number of halogens is 1. The van der Waals surface area contributed by atoms with Gasteiger partial charge in [0, 0.05) is 4.88 Å². The number of nitrogens with one attached hydrogen (secondary N) is 1. The fraction of sp³-hybridized carbons (Fsp3) is 0.105. The summed E-state index contributed by atoms with van der Waals surface area (Å²) in [4.78, 5) is 13.4. The highest BCUT2D eigenvalue weighted by Gasteiger charge is 2.18. The van der Waals surface area contributed by atoms with Crippen LogP contribution >= 0.6 is 22.9 Å². The van der Waals surface area contributed by atoms with Crippen LogP contribution in [0.1, 0.15) is 16.5 Å². The first-order valence-electron chi connectivity index (χ1n) is 7.49. The predicted octanol–water partition coefficient (Wildman–Crippen LogP) is 4.69. The fourth-order valence-corrected chi connectivity index (χ4v) is 3.32. The first-order chi connectivity index (χ1) is 11.7. The second kappa shape index (κ2) is 7.99. The molecule has 0 saturated heterocycles. The van der Waals surface area contributed by atoms with E-state index in [1.54, 1.807) is 23.5 Å². The Hall–Kier alpha value is -2.30. The smallest absolute Gasteiger partial charge is 0.258 e. The van der Waals surface area contributed by atoms with Gasteiger partial charge in [-0.2, -0.15) is 0 Å². The molecule has 0 radical (unpaired) electrons. The van der Waals surface area contributed by atoms with E-state index in [9.17, 15) is 4.79 Å². The molecule has 0 aliphatic carbocycles. The summed E-state index contributed by atoms with van der Waals surface area (Å²) in [7, 11) is 0. The average molecular weight is 358 g/mol. The highest BCUT2D eigenvalue weighted by Crippen LogP contribution is 2.26. The Balaban J connectivity index is 1.69. The topological polar surface area (TPSA) is 38.3 Å². The van der Waals surface area contributed by atoms with E-state index in [2.05, 4.69) is 5.32 Å². The number of carbonyl (C=O) groups is 1. The van der Waals surface area contributed by atoms with Crippen molar-refractivity contribution in [2.24, 2.45) is 0 Å². The summed E-state index contributed by atoms with van der Waals surface area (Å²) >= 11 is 7.64. The minimum atomic E-state index is -0.197. The molecule has 24 heavy (non-hydrogen) atoms. The molecule has 1 atom stereocenters. The van der Waals surface area contributed by atoms with Gasteiger partial charge in [0.25, 0.3) is 5.91 Å². The van der Waals surface area contributed by atoms with Gasteiger partial charge in [-0.3, -0.25) is 4.79 Å². The third-order valence-electron chi connectivity index (χ3n) is 3.46. The third kappa shape index (κ3) is 4.16. The standard InChI is InChI=1S/C19H16ClNO2S/c20-15-9-4-5-10-16(15)23-13-18(22)21-19(17-11-6-12-24-17)14-7-2-1-3-8-14/h1-12,19H,13H2,(H,21,22)/t19-/m0/s1. The van der Waals surface area contributed by atoms with Crippen LogP contribution in [0.25, 0.3) is 0 Å². The summed E-state index contributed by atoms with van der Waals surface area (Å²) in [5.74, 6) is 0.305. The van der Waals surface area contributed by atoms with E-state index in [1.165, 1.54) is 0 Å². The Morgan fingerprint density at radius 1 is 1.04 bits per heavy atom. The van der Waals surface area contributed by atoms with Crippen LogP contribution in [0.2, 0.25) is 5.02 Å². The number of amides is 1. The van der Waals surface area contributed by atoms with E-state index in [0.29, 0.717) is 10.8 Å². The third-order valence-corrected chi connectivity index (χ3v) is 4.71. The van der Waals surface area contributed by atoms with Crippen molar-refractivity contribution in [2.45, 2.75) is 6.04 Å². The highest BCUT2D eigenvalue weighted by molar-refractivity contribution is 7.10. The largest absolute Gasteiger partial charge is 0.482 e. The highest BCUT2D eigenvalue weighted by atomic mass is 35.5. The van der Waals surface area contributed by atoms with Crippen molar-refractivity contribution in [1.29, 1.82) is 0 Å². The van der Waals surface area contributed by atoms with Crippen LogP contribution in [0, 0.1) is 0 Å². The maximum atomic E-state index is 12.3. The maximum Gasteiger partial charge on any atom is 0.258 e. The number of thiophene rings is 1. The first-order valence-corrected chi connectivity index (χ1v) is 8.75. The Morgan fingerprint density at radius 2 is 1.79 bits per heavy atom. The molecule has 0 aliphatic heterocycles. The van der Waals surface area contributed by atoms with Crippen LogP contribution in [0.15, 0.2) is 72.1 Å². The van der Waals surface area contributed by atoms with Gasteiger partial charge in [0.2, 0.25) is 0 Å². The van der Waals surface area contributed by atoms with E-state index >= 15 is 0 Å². The zero-order valence-electron chi connectivity index (χ0n) is 12.8. The van der Waals surface area contributed by atoms with E-state index in [4.69, 9.17) is 16.3 Å². The Morgan fingerprint density at radius 3 is 2.50 bits per heavy atom. The van der Waals surface area contributed by atoms with Gasteiger partial charge in [0.05, 0.1) is 11.1 Å². The van der Waals surface area contributed by atoms with Crippen molar-refractivity contribution in [1.82, 2.24) is 5.32 Å². The summed E-state index contributed by atoms with van der Waals surface area (Å²) in [5, 5.41) is 5.52. The molecule has 5 heteroatoms. The minimum absolute atomic E-state index is 0.0849. The van der Waals surface area contributed by atoms with Gasteiger partial charge < -0.3 is 10.1 Å². The molecular formula is C19H16ClNO2S. The van der Waals surface area contributed by atoms with Crippen LogP contribution in [0.5, 0.6) is 5.75 Å². The molecule has 0 saturated carbocycles. The van der Waals surface area contributed by atoms with E-state index in [0.717, 1.165) is 10.4 Å². The predicted molar refractivity (Wildman–Crippen MR) is 97.7 cm³/mol. The molecule has 122 valence electrons. The van der Waals surface area contributed by atoms with E-state index in [-0.39, 0.29) is 18.6 Å². The molecule has 2 aromatic carbocycles. The van der Waals surface area contributed by atoms with Gasteiger partial charge in [0.1, 0.15) is 5.75 Å². The zero-order chi connectivity index (χ0) is 16.8. The molecule has 0 unspecified atom stereocenters. The molecular weight excluding hydrogens is 342 g/mol. The zero-order valence-corrected chi connectivity index (χ0v) is 14.4. The molecule has 0 fully saturated rings. The van der Waals surface area contributed by atoms with Crippen molar-refractivity contribution >= 4 is 28.8 Å². The molecule has 3 aromatic rings. The second-order valence-electron chi connectivity index (χ2n) is 5.15. The van der Waals surface area contributed by atoms with Crippen LogP contribution in [-0.2, 0) is 4.79 Å². The number of ether oxygens (including phenoxy) is 1. The number of benzene rings is 2. The minimum Gasteiger partial charge on any atom is -0.482 e. The Bertz CT molecular complexity index is 790. The van der Waals surface area contributed by atoms with Gasteiger partial charge in [-0.25, -0.2) is 0 Å². The Labute approximate surface area is 149 Å². The van der Waals surface area contributed by atoms with Crippen LogP contribution in [-0.4, -0.2) is 12.5 Å². The number of carbonyl (C=O) groups excluding carboxylic acids is 1. The lowest BCUT2D eigenvalue weighted by Gasteiger charge is -2.18. The summed E-state index contributed by atoms with van der Waals surface area (Å²) in [6.07, 6.45) is 0. The quantitative estimate of drug-likeness (QED) is 0.695. The van der Waals surface area contributed by atoms with E-state index in [1.807, 2.05) is 60.0 Å². The fourth-order valence-electron chi connectivity index (χ4n) is 2.33. The second-order valence-corrected chi connectivity index (χ2v) is 6.53. The molecule has 0 aliphatic rings. The molecule has 1 heterocycles. The number of para-hydroxylation sites is 1. The summed E-state index contributed by atoms with van der Waals surface area (Å²) in [6, 6.07) is 20.8.